The van der Waals surface area contributed by atoms with E-state index in [4.69, 9.17) is 9.16 Å². The molecule has 0 bridgehead atoms. The van der Waals surface area contributed by atoms with Crippen LogP contribution in [0.2, 0.25) is 5.04 Å². The number of carbonyl (C=O) groups is 2. The topological polar surface area (TPSA) is 52.6 Å². The van der Waals surface area contributed by atoms with Crippen LogP contribution in [0.3, 0.4) is 0 Å². The third kappa shape index (κ3) is 5.90. The zero-order chi connectivity index (χ0) is 23.9. The molecule has 0 N–H and O–H groups in total. The van der Waals surface area contributed by atoms with E-state index in [2.05, 4.69) is 69.3 Å². The molecule has 0 aliphatic carbocycles. The van der Waals surface area contributed by atoms with E-state index < -0.39 is 8.32 Å². The van der Waals surface area contributed by atoms with Gasteiger partial charge in [0.15, 0.2) is 0 Å². The quantitative estimate of drug-likeness (QED) is 0.204. The van der Waals surface area contributed by atoms with Crippen LogP contribution in [0.1, 0.15) is 59.8 Å². The third-order valence-electron chi connectivity index (χ3n) is 6.30. The van der Waals surface area contributed by atoms with Crippen LogP contribution in [0, 0.1) is 0 Å². The molecule has 2 aromatic carbocycles. The lowest BCUT2D eigenvalue weighted by molar-refractivity contribution is -0.139. The molecule has 0 saturated heterocycles. The van der Waals surface area contributed by atoms with E-state index in [-0.39, 0.29) is 23.2 Å². The van der Waals surface area contributed by atoms with Crippen LogP contribution in [0.4, 0.5) is 0 Å². The highest BCUT2D eigenvalue weighted by molar-refractivity contribution is 6.99. The highest BCUT2D eigenvalue weighted by Gasteiger charge is 2.51. The minimum absolute atomic E-state index is 0.144. The second-order valence-electron chi connectivity index (χ2n) is 9.86. The molecule has 0 aromatic heterocycles. The zero-order valence-corrected chi connectivity index (χ0v) is 21.3. The van der Waals surface area contributed by atoms with Gasteiger partial charge in [-0.05, 0) is 41.3 Å². The van der Waals surface area contributed by atoms with Gasteiger partial charge in [0, 0.05) is 18.4 Å². The Morgan fingerprint density at radius 1 is 1.00 bits per heavy atom. The Morgan fingerprint density at radius 3 is 2.03 bits per heavy atom. The first-order valence-corrected chi connectivity index (χ1v) is 13.8. The fourth-order valence-electron chi connectivity index (χ4n) is 4.77. The van der Waals surface area contributed by atoms with Gasteiger partial charge in [-0.2, -0.15) is 0 Å². The molecule has 0 spiro atoms. The summed E-state index contributed by atoms with van der Waals surface area (Å²) in [5.74, 6) is -0.244. The number of rotatable bonds is 11. The van der Waals surface area contributed by atoms with Gasteiger partial charge in [0.25, 0.3) is 8.32 Å². The molecule has 4 nitrogen and oxygen atoms in total. The molecule has 2 aromatic rings. The molecule has 2 atom stereocenters. The minimum atomic E-state index is -2.74. The van der Waals surface area contributed by atoms with Crippen LogP contribution >= 0.6 is 0 Å². The predicted octanol–water partition coefficient (Wildman–Crippen LogP) is 4.95. The number of benzene rings is 2. The molecule has 33 heavy (non-hydrogen) atoms. The van der Waals surface area contributed by atoms with E-state index >= 15 is 0 Å². The Balaban J connectivity index is 2.05. The van der Waals surface area contributed by atoms with Crippen molar-refractivity contribution in [1.29, 1.82) is 0 Å². The van der Waals surface area contributed by atoms with Crippen LogP contribution in [-0.4, -0.2) is 32.8 Å². The Bertz CT molecular complexity index is 907. The summed E-state index contributed by atoms with van der Waals surface area (Å²) in [6.45, 7) is 8.66. The fourth-order valence-corrected chi connectivity index (χ4v) is 9.49. The molecular formula is C28H36O4Si. The maximum atomic E-state index is 12.4. The highest BCUT2D eigenvalue weighted by atomic mass is 28.4. The first-order valence-electron chi connectivity index (χ1n) is 11.9. The second-order valence-corrected chi connectivity index (χ2v) is 14.1. The number of hydrogen-bond acceptors (Lipinski definition) is 4. The Hall–Kier alpha value is -2.50. The van der Waals surface area contributed by atoms with E-state index in [0.29, 0.717) is 18.4 Å². The molecule has 5 heteroatoms. The summed E-state index contributed by atoms with van der Waals surface area (Å²) < 4.78 is 12.7. The molecule has 0 amide bonds. The minimum Gasteiger partial charge on any atom is -0.455 e. The van der Waals surface area contributed by atoms with Crippen molar-refractivity contribution in [3.8, 4) is 0 Å². The molecule has 1 aliphatic heterocycles. The van der Waals surface area contributed by atoms with Gasteiger partial charge in [0.05, 0.1) is 6.10 Å². The molecule has 0 fully saturated rings. The second kappa shape index (κ2) is 11.1. The summed E-state index contributed by atoms with van der Waals surface area (Å²) >= 11 is 0. The van der Waals surface area contributed by atoms with Crippen LogP contribution in [-0.2, 0) is 18.8 Å². The maximum absolute atomic E-state index is 12.4. The largest absolute Gasteiger partial charge is 0.455 e. The SMILES string of the molecule is C[C@H]1C=C(C[C@@H](CCCCC=O)O[Si](c2ccccc2)(c2ccccc2)C(C)(C)C)C(=O)O1. The van der Waals surface area contributed by atoms with Crippen molar-refractivity contribution in [2.75, 3.05) is 0 Å². The van der Waals surface area contributed by atoms with Crippen molar-refractivity contribution in [1.82, 2.24) is 0 Å². The number of hydrogen-bond donors (Lipinski definition) is 0. The lowest BCUT2D eigenvalue weighted by atomic mass is 10.0. The van der Waals surface area contributed by atoms with Gasteiger partial charge >= 0.3 is 5.97 Å². The number of unbranched alkanes of at least 4 members (excludes halogenated alkanes) is 2. The molecule has 0 radical (unpaired) electrons. The van der Waals surface area contributed by atoms with Gasteiger partial charge < -0.3 is 14.0 Å². The number of aldehydes is 1. The number of carbonyl (C=O) groups excluding carboxylic acids is 2. The summed E-state index contributed by atoms with van der Waals surface area (Å²) in [7, 11) is -2.74. The lowest BCUT2D eigenvalue weighted by Gasteiger charge is -2.45. The van der Waals surface area contributed by atoms with Crippen molar-refractivity contribution in [3.05, 3.63) is 72.3 Å². The van der Waals surface area contributed by atoms with Crippen molar-refractivity contribution >= 4 is 30.9 Å². The number of esters is 1. The first-order chi connectivity index (χ1) is 15.8. The molecule has 3 rings (SSSR count). The summed E-state index contributed by atoms with van der Waals surface area (Å²) in [6.07, 6.45) is 6.10. The Morgan fingerprint density at radius 2 is 1.58 bits per heavy atom. The summed E-state index contributed by atoms with van der Waals surface area (Å²) in [5, 5.41) is 2.30. The van der Waals surface area contributed by atoms with E-state index in [9.17, 15) is 9.59 Å². The molecular weight excluding hydrogens is 428 g/mol. The van der Waals surface area contributed by atoms with Crippen LogP contribution < -0.4 is 10.4 Å². The van der Waals surface area contributed by atoms with Crippen molar-refractivity contribution in [3.63, 3.8) is 0 Å². The standard InChI is InChI=1S/C28H36O4Si/c1-22-20-23(27(30)31-22)21-24(14-8-7-13-19-29)32-33(28(2,3)4,25-15-9-5-10-16-25)26-17-11-6-12-18-26/h5-6,9-12,15-20,22,24H,7-8,13-14,21H2,1-4H3/t22-,24+/m0/s1. The van der Waals surface area contributed by atoms with E-state index in [0.717, 1.165) is 25.5 Å². The highest BCUT2D eigenvalue weighted by Crippen LogP contribution is 2.39. The summed E-state index contributed by atoms with van der Waals surface area (Å²) in [6, 6.07) is 21.1. The van der Waals surface area contributed by atoms with Gasteiger partial charge in [-0.3, -0.25) is 0 Å². The first kappa shape index (κ1) is 25.1. The fraction of sp³-hybridized carbons (Fsp3) is 0.429. The molecule has 0 unspecified atom stereocenters. The van der Waals surface area contributed by atoms with Crippen LogP contribution in [0.15, 0.2) is 72.3 Å². The van der Waals surface area contributed by atoms with Crippen LogP contribution in [0.25, 0.3) is 0 Å². The third-order valence-corrected chi connectivity index (χ3v) is 11.4. The Labute approximate surface area is 199 Å². The summed E-state index contributed by atoms with van der Waals surface area (Å²) in [5.41, 5.74) is 0.695. The Kier molecular flexibility index (Phi) is 8.44. The van der Waals surface area contributed by atoms with Gasteiger partial charge in [0.1, 0.15) is 12.4 Å². The average Bonchev–Trinajstić information content (AvgIpc) is 3.11. The normalized spacial score (nSPS) is 17.4. The average molecular weight is 465 g/mol. The van der Waals surface area contributed by atoms with Gasteiger partial charge in [0.2, 0.25) is 0 Å². The lowest BCUT2D eigenvalue weighted by Crippen LogP contribution is -2.67. The monoisotopic (exact) mass is 464 g/mol. The molecule has 176 valence electrons. The van der Waals surface area contributed by atoms with Crippen molar-refractivity contribution in [2.24, 2.45) is 0 Å². The zero-order valence-electron chi connectivity index (χ0n) is 20.3. The smallest absolute Gasteiger partial charge is 0.334 e. The van der Waals surface area contributed by atoms with Crippen LogP contribution in [0.5, 0.6) is 0 Å². The predicted molar refractivity (Wildman–Crippen MR) is 135 cm³/mol. The van der Waals surface area contributed by atoms with E-state index in [1.54, 1.807) is 0 Å². The molecule has 1 heterocycles. The summed E-state index contributed by atoms with van der Waals surface area (Å²) in [4.78, 5) is 23.3. The van der Waals surface area contributed by atoms with Gasteiger partial charge in [-0.1, -0.05) is 87.9 Å². The molecule has 1 aliphatic rings. The van der Waals surface area contributed by atoms with Crippen molar-refractivity contribution < 1.29 is 18.8 Å². The van der Waals surface area contributed by atoms with Gasteiger partial charge in [-0.25, -0.2) is 4.79 Å². The molecule has 0 saturated carbocycles. The number of cyclic esters (lactones) is 1. The maximum Gasteiger partial charge on any atom is 0.334 e. The van der Waals surface area contributed by atoms with Gasteiger partial charge in [-0.15, -0.1) is 0 Å². The van der Waals surface area contributed by atoms with E-state index in [1.165, 1.54) is 10.4 Å². The van der Waals surface area contributed by atoms with E-state index in [1.807, 2.05) is 25.1 Å². The number of ether oxygens (including phenoxy) is 1. The van der Waals surface area contributed by atoms with Crippen molar-refractivity contribution in [2.45, 2.75) is 77.0 Å².